The number of nitrogens with zero attached hydrogens (tertiary/aromatic N) is 2. The SMILES string of the molecule is CC(=O)N1CCC(Oc2ccc(Cl)cc2C(=O)N2CCCC(C(N)=O)C2)CC1. The van der Waals surface area contributed by atoms with Gasteiger partial charge in [-0.2, -0.15) is 0 Å². The second-order valence-corrected chi connectivity index (χ2v) is 7.89. The van der Waals surface area contributed by atoms with Crippen molar-refractivity contribution in [3.8, 4) is 5.75 Å². The number of hydrogen-bond acceptors (Lipinski definition) is 4. The Balaban J connectivity index is 1.73. The molecule has 0 aromatic heterocycles. The van der Waals surface area contributed by atoms with E-state index < -0.39 is 0 Å². The van der Waals surface area contributed by atoms with Gasteiger partial charge in [-0.05, 0) is 31.0 Å². The Morgan fingerprint density at radius 2 is 1.82 bits per heavy atom. The molecule has 2 fully saturated rings. The van der Waals surface area contributed by atoms with Gasteiger partial charge in [0.15, 0.2) is 0 Å². The maximum atomic E-state index is 13.1. The first kappa shape index (κ1) is 20.5. The van der Waals surface area contributed by atoms with Gasteiger partial charge < -0.3 is 20.3 Å². The number of primary amides is 1. The summed E-state index contributed by atoms with van der Waals surface area (Å²) in [6.07, 6.45) is 2.79. The van der Waals surface area contributed by atoms with Crippen molar-refractivity contribution in [2.75, 3.05) is 26.2 Å². The van der Waals surface area contributed by atoms with Crippen LogP contribution in [0.3, 0.4) is 0 Å². The highest BCUT2D eigenvalue weighted by Crippen LogP contribution is 2.29. The Bertz CT molecular complexity index is 762. The van der Waals surface area contributed by atoms with E-state index in [4.69, 9.17) is 22.1 Å². The summed E-state index contributed by atoms with van der Waals surface area (Å²) in [6, 6.07) is 5.01. The summed E-state index contributed by atoms with van der Waals surface area (Å²) in [5.74, 6) is -0.356. The largest absolute Gasteiger partial charge is 0.489 e. The monoisotopic (exact) mass is 407 g/mol. The van der Waals surface area contributed by atoms with Crippen molar-refractivity contribution in [1.29, 1.82) is 0 Å². The fourth-order valence-corrected chi connectivity index (χ4v) is 3.98. The zero-order valence-corrected chi connectivity index (χ0v) is 16.8. The van der Waals surface area contributed by atoms with E-state index in [0.29, 0.717) is 61.8 Å². The van der Waals surface area contributed by atoms with Gasteiger partial charge in [0.1, 0.15) is 11.9 Å². The number of carbonyl (C=O) groups is 3. The van der Waals surface area contributed by atoms with Crippen LogP contribution in [-0.4, -0.2) is 59.8 Å². The Morgan fingerprint density at radius 3 is 2.46 bits per heavy atom. The molecule has 2 saturated heterocycles. The van der Waals surface area contributed by atoms with E-state index in [1.54, 1.807) is 34.9 Å². The van der Waals surface area contributed by atoms with Gasteiger partial charge >= 0.3 is 0 Å². The van der Waals surface area contributed by atoms with Crippen LogP contribution in [0.5, 0.6) is 5.75 Å². The lowest BCUT2D eigenvalue weighted by Crippen LogP contribution is -2.44. The summed E-state index contributed by atoms with van der Waals surface area (Å²) in [5, 5.41) is 0.450. The topological polar surface area (TPSA) is 92.9 Å². The molecule has 8 heteroatoms. The second-order valence-electron chi connectivity index (χ2n) is 7.46. The first-order chi connectivity index (χ1) is 13.3. The molecule has 0 saturated carbocycles. The number of likely N-dealkylation sites (tertiary alicyclic amines) is 2. The number of halogens is 1. The quantitative estimate of drug-likeness (QED) is 0.826. The molecule has 2 N–H and O–H groups in total. The van der Waals surface area contributed by atoms with Crippen molar-refractivity contribution in [2.24, 2.45) is 11.7 Å². The zero-order chi connectivity index (χ0) is 20.3. The fraction of sp³-hybridized carbons (Fsp3) is 0.550. The summed E-state index contributed by atoms with van der Waals surface area (Å²) in [5.41, 5.74) is 5.82. The molecule has 2 heterocycles. The molecule has 3 amide bonds. The van der Waals surface area contributed by atoms with Crippen molar-refractivity contribution < 1.29 is 19.1 Å². The molecular formula is C20H26ClN3O4. The molecule has 2 aliphatic rings. The maximum Gasteiger partial charge on any atom is 0.257 e. The minimum atomic E-state index is -0.378. The van der Waals surface area contributed by atoms with Gasteiger partial charge in [-0.15, -0.1) is 0 Å². The molecule has 0 bridgehead atoms. The first-order valence-corrected chi connectivity index (χ1v) is 10.0. The first-order valence-electron chi connectivity index (χ1n) is 9.65. The lowest BCUT2D eigenvalue weighted by molar-refractivity contribution is -0.130. The minimum absolute atomic E-state index is 0.0647. The molecule has 0 spiro atoms. The van der Waals surface area contributed by atoms with E-state index in [9.17, 15) is 14.4 Å². The fourth-order valence-electron chi connectivity index (χ4n) is 3.80. The number of amides is 3. The molecule has 28 heavy (non-hydrogen) atoms. The van der Waals surface area contributed by atoms with Crippen LogP contribution in [0.2, 0.25) is 5.02 Å². The number of carbonyl (C=O) groups excluding carboxylic acids is 3. The van der Waals surface area contributed by atoms with Crippen LogP contribution in [0.4, 0.5) is 0 Å². The third-order valence-corrected chi connectivity index (χ3v) is 5.70. The second kappa shape index (κ2) is 8.82. The summed E-state index contributed by atoms with van der Waals surface area (Å²) in [6.45, 7) is 3.74. The Kier molecular flexibility index (Phi) is 6.44. The van der Waals surface area contributed by atoms with Crippen LogP contribution in [-0.2, 0) is 9.59 Å². The van der Waals surface area contributed by atoms with Gasteiger partial charge in [0.2, 0.25) is 11.8 Å². The standard InChI is InChI=1S/C20H26ClN3O4/c1-13(25)23-9-6-16(7-10-23)28-18-5-4-15(21)11-17(18)20(27)24-8-2-3-14(12-24)19(22)26/h4-5,11,14,16H,2-3,6-10,12H2,1H3,(H2,22,26). The van der Waals surface area contributed by atoms with E-state index in [1.165, 1.54) is 0 Å². The molecule has 2 aliphatic heterocycles. The third-order valence-electron chi connectivity index (χ3n) is 5.46. The minimum Gasteiger partial charge on any atom is -0.489 e. The van der Waals surface area contributed by atoms with Crippen molar-refractivity contribution in [1.82, 2.24) is 9.80 Å². The van der Waals surface area contributed by atoms with E-state index in [2.05, 4.69) is 0 Å². The van der Waals surface area contributed by atoms with Gasteiger partial charge in [0.25, 0.3) is 5.91 Å². The lowest BCUT2D eigenvalue weighted by atomic mass is 9.97. The van der Waals surface area contributed by atoms with E-state index in [0.717, 1.165) is 6.42 Å². The van der Waals surface area contributed by atoms with E-state index in [-0.39, 0.29) is 29.7 Å². The van der Waals surface area contributed by atoms with Crippen LogP contribution in [0.25, 0.3) is 0 Å². The van der Waals surface area contributed by atoms with Crippen LogP contribution < -0.4 is 10.5 Å². The number of ether oxygens (including phenoxy) is 1. The molecule has 3 rings (SSSR count). The van der Waals surface area contributed by atoms with Gasteiger partial charge in [-0.3, -0.25) is 14.4 Å². The summed E-state index contributed by atoms with van der Waals surface area (Å²) in [4.78, 5) is 39.6. The van der Waals surface area contributed by atoms with Crippen molar-refractivity contribution in [3.05, 3.63) is 28.8 Å². The molecule has 1 aromatic rings. The van der Waals surface area contributed by atoms with Crippen molar-refractivity contribution in [2.45, 2.75) is 38.7 Å². The summed E-state index contributed by atoms with van der Waals surface area (Å²) < 4.78 is 6.12. The Labute approximate surface area is 169 Å². The number of rotatable bonds is 4. The third kappa shape index (κ3) is 4.76. The molecule has 152 valence electrons. The highest BCUT2D eigenvalue weighted by atomic mass is 35.5. The van der Waals surface area contributed by atoms with Gasteiger partial charge in [-0.1, -0.05) is 11.6 Å². The molecule has 1 atom stereocenters. The smallest absolute Gasteiger partial charge is 0.257 e. The Morgan fingerprint density at radius 1 is 1.11 bits per heavy atom. The normalized spacial score (nSPS) is 20.7. The average molecular weight is 408 g/mol. The zero-order valence-electron chi connectivity index (χ0n) is 16.0. The van der Waals surface area contributed by atoms with Crippen LogP contribution in [0.15, 0.2) is 18.2 Å². The molecule has 0 aliphatic carbocycles. The van der Waals surface area contributed by atoms with Crippen LogP contribution in [0.1, 0.15) is 43.0 Å². The van der Waals surface area contributed by atoms with E-state index in [1.807, 2.05) is 0 Å². The summed E-state index contributed by atoms with van der Waals surface area (Å²) in [7, 11) is 0. The van der Waals surface area contributed by atoms with Gasteiger partial charge in [-0.25, -0.2) is 0 Å². The summed E-state index contributed by atoms with van der Waals surface area (Å²) >= 11 is 6.13. The lowest BCUT2D eigenvalue weighted by Gasteiger charge is -2.33. The predicted molar refractivity (Wildman–Crippen MR) is 105 cm³/mol. The maximum absolute atomic E-state index is 13.1. The predicted octanol–water partition coefficient (Wildman–Crippen LogP) is 2.07. The number of nitrogens with two attached hydrogens (primary N) is 1. The van der Waals surface area contributed by atoms with Crippen molar-refractivity contribution in [3.63, 3.8) is 0 Å². The highest BCUT2D eigenvalue weighted by molar-refractivity contribution is 6.31. The number of piperidine rings is 2. The highest BCUT2D eigenvalue weighted by Gasteiger charge is 2.30. The number of hydrogen-bond donors (Lipinski definition) is 1. The van der Waals surface area contributed by atoms with E-state index >= 15 is 0 Å². The molecule has 1 aromatic carbocycles. The molecule has 0 radical (unpaired) electrons. The van der Waals surface area contributed by atoms with Crippen molar-refractivity contribution >= 4 is 29.3 Å². The number of benzene rings is 1. The van der Waals surface area contributed by atoms with Gasteiger partial charge in [0.05, 0.1) is 11.5 Å². The molecular weight excluding hydrogens is 382 g/mol. The molecule has 7 nitrogen and oxygen atoms in total. The van der Waals surface area contributed by atoms with Crippen LogP contribution >= 0.6 is 11.6 Å². The van der Waals surface area contributed by atoms with Gasteiger partial charge in [0, 0.05) is 51.0 Å². The van der Waals surface area contributed by atoms with Crippen LogP contribution in [0, 0.1) is 5.92 Å². The molecule has 1 unspecified atom stereocenters. The average Bonchev–Trinajstić information content (AvgIpc) is 2.69. The Hall–Kier alpha value is -2.28.